The minimum atomic E-state index is -0.886. The summed E-state index contributed by atoms with van der Waals surface area (Å²) in [5.74, 6) is 0.925. The molecule has 47 heavy (non-hydrogen) atoms. The van der Waals surface area contributed by atoms with E-state index in [1.165, 1.54) is 37.2 Å². The molecule has 238 valence electrons. The number of furan rings is 1. The second-order valence-corrected chi connectivity index (χ2v) is 11.3. The molecule has 0 amide bonds. The Morgan fingerprint density at radius 2 is 1.64 bits per heavy atom. The number of benzene rings is 3. The van der Waals surface area contributed by atoms with Crippen LogP contribution >= 0.6 is 11.3 Å². The summed E-state index contributed by atoms with van der Waals surface area (Å²) in [4.78, 5) is 45.0. The number of nitrogens with zero attached hydrogens (tertiary/aromatic N) is 2. The van der Waals surface area contributed by atoms with Gasteiger partial charge >= 0.3 is 11.9 Å². The van der Waals surface area contributed by atoms with Crippen molar-refractivity contribution in [3.8, 4) is 22.8 Å². The Morgan fingerprint density at radius 1 is 0.894 bits per heavy atom. The molecule has 0 bridgehead atoms. The minimum Gasteiger partial charge on any atom is -0.493 e. The van der Waals surface area contributed by atoms with Crippen LogP contribution in [-0.2, 0) is 14.3 Å². The zero-order valence-corrected chi connectivity index (χ0v) is 26.8. The lowest BCUT2D eigenvalue weighted by molar-refractivity contribution is -0.138. The number of hydrogen-bond donors (Lipinski definition) is 0. The van der Waals surface area contributed by atoms with E-state index in [9.17, 15) is 14.4 Å². The average Bonchev–Trinajstić information content (AvgIpc) is 3.71. The molecule has 11 heteroatoms. The summed E-state index contributed by atoms with van der Waals surface area (Å²) in [7, 11) is 4.39. The van der Waals surface area contributed by atoms with Crippen molar-refractivity contribution in [2.24, 2.45) is 4.99 Å². The van der Waals surface area contributed by atoms with Gasteiger partial charge in [0.1, 0.15) is 11.5 Å². The lowest BCUT2D eigenvalue weighted by atomic mass is 9.93. The maximum atomic E-state index is 14.2. The molecule has 0 N–H and O–H groups in total. The van der Waals surface area contributed by atoms with Gasteiger partial charge < -0.3 is 23.4 Å². The van der Waals surface area contributed by atoms with Gasteiger partial charge in [-0.2, -0.15) is 0 Å². The van der Waals surface area contributed by atoms with Crippen LogP contribution in [0.3, 0.4) is 0 Å². The van der Waals surface area contributed by atoms with E-state index in [2.05, 4.69) is 0 Å². The minimum absolute atomic E-state index is 0.139. The molecular weight excluding hydrogens is 620 g/mol. The van der Waals surface area contributed by atoms with E-state index in [0.717, 1.165) is 5.56 Å². The van der Waals surface area contributed by atoms with Crippen LogP contribution in [0, 0.1) is 0 Å². The van der Waals surface area contributed by atoms with Crippen molar-refractivity contribution in [2.75, 3.05) is 27.9 Å². The van der Waals surface area contributed by atoms with Crippen molar-refractivity contribution >= 4 is 35.0 Å². The number of hydrogen-bond acceptors (Lipinski definition) is 10. The number of methoxy groups -OCH3 is 3. The summed E-state index contributed by atoms with van der Waals surface area (Å²) >= 11 is 1.19. The highest BCUT2D eigenvalue weighted by atomic mass is 32.1. The zero-order chi connectivity index (χ0) is 33.1. The maximum absolute atomic E-state index is 14.2. The topological polar surface area (TPSA) is 119 Å². The molecule has 3 aromatic carbocycles. The van der Waals surface area contributed by atoms with Crippen LogP contribution < -0.4 is 24.4 Å². The summed E-state index contributed by atoms with van der Waals surface area (Å²) < 4.78 is 29.3. The summed E-state index contributed by atoms with van der Waals surface area (Å²) in [5.41, 5.74) is 2.75. The van der Waals surface area contributed by atoms with Crippen molar-refractivity contribution in [2.45, 2.75) is 13.0 Å². The third kappa shape index (κ3) is 6.00. The molecule has 1 aliphatic rings. The Labute approximate surface area is 273 Å². The van der Waals surface area contributed by atoms with Gasteiger partial charge in [-0.25, -0.2) is 14.6 Å². The monoisotopic (exact) mass is 650 g/mol. The average molecular weight is 651 g/mol. The van der Waals surface area contributed by atoms with Crippen molar-refractivity contribution in [3.63, 3.8) is 0 Å². The first-order chi connectivity index (χ1) is 22.9. The largest absolute Gasteiger partial charge is 0.493 e. The molecule has 1 aliphatic heterocycles. The molecule has 0 saturated carbocycles. The van der Waals surface area contributed by atoms with Crippen LogP contribution in [0.2, 0.25) is 0 Å². The molecule has 6 rings (SSSR count). The highest BCUT2D eigenvalue weighted by Gasteiger charge is 2.35. The van der Waals surface area contributed by atoms with Gasteiger partial charge in [0.25, 0.3) is 5.56 Å². The Hall–Kier alpha value is -5.68. The van der Waals surface area contributed by atoms with Crippen LogP contribution in [-0.4, -0.2) is 44.4 Å². The van der Waals surface area contributed by atoms with E-state index in [1.807, 2.05) is 30.3 Å². The second kappa shape index (κ2) is 13.4. The molecule has 0 fully saturated rings. The predicted molar refractivity (Wildman–Crippen MR) is 176 cm³/mol. The summed E-state index contributed by atoms with van der Waals surface area (Å²) in [5, 5.41) is 0. The molecule has 0 spiro atoms. The van der Waals surface area contributed by atoms with E-state index in [-0.39, 0.29) is 17.7 Å². The predicted octanol–water partition coefficient (Wildman–Crippen LogP) is 5.00. The molecule has 0 aliphatic carbocycles. The first-order valence-electron chi connectivity index (χ1n) is 14.7. The Bertz CT molecular complexity index is 2180. The fourth-order valence-electron chi connectivity index (χ4n) is 5.38. The third-order valence-corrected chi connectivity index (χ3v) is 8.57. The zero-order valence-electron chi connectivity index (χ0n) is 26.0. The second-order valence-electron chi connectivity index (χ2n) is 10.3. The van der Waals surface area contributed by atoms with Crippen LogP contribution in [0.5, 0.6) is 11.5 Å². The number of carbonyl (C=O) groups is 2. The molecule has 3 heterocycles. The maximum Gasteiger partial charge on any atom is 0.338 e. The fraction of sp³-hybridized carbons (Fsp3) is 0.167. The highest BCUT2D eigenvalue weighted by molar-refractivity contribution is 7.07. The number of fused-ring (bicyclic) bond motifs is 1. The van der Waals surface area contributed by atoms with Gasteiger partial charge in [0.2, 0.25) is 0 Å². The Kier molecular flexibility index (Phi) is 8.90. The normalized spacial score (nSPS) is 14.3. The summed E-state index contributed by atoms with van der Waals surface area (Å²) in [6.07, 6.45) is 1.65. The van der Waals surface area contributed by atoms with Gasteiger partial charge in [-0.3, -0.25) is 9.36 Å². The Balaban J connectivity index is 1.52. The van der Waals surface area contributed by atoms with E-state index >= 15 is 0 Å². The molecule has 5 aromatic rings. The van der Waals surface area contributed by atoms with Crippen molar-refractivity contribution in [1.29, 1.82) is 0 Å². The number of esters is 2. The number of aromatic nitrogens is 1. The number of ether oxygens (including phenoxy) is 4. The standard InChI is InChI=1S/C36H30N2O8S/c1-5-45-35(41)30-31(22-9-7-6-8-10-22)37-36-38(32(30)24-15-17-27(42-2)28(19-24)43-3)33(39)29(47-36)20-25-16-18-26(46-25)21-11-13-23(14-12-21)34(40)44-4/h6-20,32H,5H2,1-4H3/b29-20-/t32-/m1/s1. The lowest BCUT2D eigenvalue weighted by Crippen LogP contribution is -2.40. The molecule has 2 aromatic heterocycles. The fourth-order valence-corrected chi connectivity index (χ4v) is 6.36. The van der Waals surface area contributed by atoms with Crippen LogP contribution in [0.15, 0.2) is 105 Å². The lowest BCUT2D eigenvalue weighted by Gasteiger charge is -2.26. The number of thiazole rings is 1. The van der Waals surface area contributed by atoms with Gasteiger partial charge in [-0.1, -0.05) is 59.9 Å². The van der Waals surface area contributed by atoms with Crippen LogP contribution in [0.25, 0.3) is 23.1 Å². The highest BCUT2D eigenvalue weighted by Crippen LogP contribution is 2.38. The van der Waals surface area contributed by atoms with Gasteiger partial charge in [0, 0.05) is 17.2 Å². The number of carbonyl (C=O) groups excluding carboxylic acids is 2. The van der Waals surface area contributed by atoms with Crippen molar-refractivity contribution < 1.29 is 33.0 Å². The van der Waals surface area contributed by atoms with E-state index in [1.54, 1.807) is 67.6 Å². The van der Waals surface area contributed by atoms with Gasteiger partial charge in [-0.05, 0) is 48.9 Å². The summed E-state index contributed by atoms with van der Waals surface area (Å²) in [6.45, 7) is 1.87. The Morgan fingerprint density at radius 3 is 2.32 bits per heavy atom. The van der Waals surface area contributed by atoms with Crippen LogP contribution in [0.4, 0.5) is 0 Å². The number of rotatable bonds is 9. The van der Waals surface area contributed by atoms with Gasteiger partial charge in [0.05, 0.1) is 55.3 Å². The quantitative estimate of drug-likeness (QED) is 0.205. The molecule has 0 unspecified atom stereocenters. The van der Waals surface area contributed by atoms with Crippen LogP contribution in [0.1, 0.15) is 40.2 Å². The summed E-state index contributed by atoms with van der Waals surface area (Å²) in [6, 6.07) is 24.1. The molecule has 0 saturated heterocycles. The van der Waals surface area contributed by atoms with Gasteiger partial charge in [0.15, 0.2) is 16.3 Å². The molecular formula is C36H30N2O8S. The molecule has 0 radical (unpaired) electrons. The van der Waals surface area contributed by atoms with E-state index in [0.29, 0.717) is 54.7 Å². The molecule has 1 atom stereocenters. The first kappa shape index (κ1) is 31.3. The third-order valence-electron chi connectivity index (χ3n) is 7.59. The van der Waals surface area contributed by atoms with Crippen molar-refractivity contribution in [3.05, 3.63) is 133 Å². The van der Waals surface area contributed by atoms with E-state index in [4.69, 9.17) is 28.4 Å². The van der Waals surface area contributed by atoms with Gasteiger partial charge in [-0.15, -0.1) is 0 Å². The SMILES string of the molecule is CCOC(=O)C1=C(c2ccccc2)N=c2s/c(=C\c3ccc(-c4ccc(C(=O)OC)cc4)o3)c(=O)n2[C@@H]1c1ccc(OC)c(OC)c1. The smallest absolute Gasteiger partial charge is 0.338 e. The van der Waals surface area contributed by atoms with E-state index < -0.39 is 18.0 Å². The molecule has 10 nitrogen and oxygen atoms in total. The first-order valence-corrected chi connectivity index (χ1v) is 15.5. The van der Waals surface area contributed by atoms with Crippen molar-refractivity contribution in [1.82, 2.24) is 4.57 Å².